The van der Waals surface area contributed by atoms with Gasteiger partial charge in [0.15, 0.2) is 0 Å². The first-order chi connectivity index (χ1) is 5.36. The molecule has 0 amide bonds. The van der Waals surface area contributed by atoms with Crippen molar-refractivity contribution in [2.75, 3.05) is 11.9 Å². The number of aromatic nitrogens is 1. The van der Waals surface area contributed by atoms with Crippen LogP contribution in [0.1, 0.15) is 12.0 Å². The monoisotopic (exact) mass is 168 g/mol. The summed E-state index contributed by atoms with van der Waals surface area (Å²) in [6, 6.07) is 1.93. The molecule has 1 aliphatic heterocycles. The predicted molar refractivity (Wildman–Crippen MR) is 46.1 cm³/mol. The van der Waals surface area contributed by atoms with Crippen LogP contribution in [0.3, 0.4) is 0 Å². The SMILES string of the molecule is Clc1cc2c(cn1)NCCC2. The fraction of sp³-hybridized carbons (Fsp3) is 0.375. The van der Waals surface area contributed by atoms with Crippen molar-refractivity contribution in [1.82, 2.24) is 4.98 Å². The number of nitrogens with one attached hydrogen (secondary N) is 1. The highest BCUT2D eigenvalue weighted by Gasteiger charge is 2.08. The molecule has 0 fully saturated rings. The number of halogens is 1. The van der Waals surface area contributed by atoms with Crippen LogP contribution < -0.4 is 5.32 Å². The molecule has 0 saturated carbocycles. The zero-order chi connectivity index (χ0) is 7.68. The summed E-state index contributed by atoms with van der Waals surface area (Å²) < 4.78 is 0. The molecule has 58 valence electrons. The van der Waals surface area contributed by atoms with Crippen molar-refractivity contribution in [1.29, 1.82) is 0 Å². The Morgan fingerprint density at radius 1 is 1.55 bits per heavy atom. The Bertz CT molecular complexity index is 273. The molecule has 2 nitrogen and oxygen atoms in total. The Balaban J connectivity index is 2.43. The lowest BCUT2D eigenvalue weighted by atomic mass is 10.1. The Morgan fingerprint density at radius 2 is 2.45 bits per heavy atom. The van der Waals surface area contributed by atoms with E-state index >= 15 is 0 Å². The van der Waals surface area contributed by atoms with Crippen LogP contribution in [0.15, 0.2) is 12.3 Å². The smallest absolute Gasteiger partial charge is 0.129 e. The van der Waals surface area contributed by atoms with Gasteiger partial charge in [-0.15, -0.1) is 0 Å². The maximum Gasteiger partial charge on any atom is 0.129 e. The molecule has 0 unspecified atom stereocenters. The van der Waals surface area contributed by atoms with Crippen molar-refractivity contribution in [2.45, 2.75) is 12.8 Å². The average molecular weight is 169 g/mol. The summed E-state index contributed by atoms with van der Waals surface area (Å²) in [7, 11) is 0. The number of hydrogen-bond donors (Lipinski definition) is 1. The first-order valence-corrected chi connectivity index (χ1v) is 4.12. The van der Waals surface area contributed by atoms with Gasteiger partial charge in [-0.3, -0.25) is 0 Å². The summed E-state index contributed by atoms with van der Waals surface area (Å²) >= 11 is 5.74. The van der Waals surface area contributed by atoms with Crippen LogP contribution in [-0.4, -0.2) is 11.5 Å². The molecule has 0 saturated heterocycles. The standard InChI is InChI=1S/C8H9ClN2/c9-8-4-6-2-1-3-10-7(6)5-11-8/h4-5,10H,1-3H2. The minimum Gasteiger partial charge on any atom is -0.384 e. The van der Waals surface area contributed by atoms with E-state index in [0.29, 0.717) is 5.15 Å². The van der Waals surface area contributed by atoms with Crippen LogP contribution in [0.2, 0.25) is 5.15 Å². The van der Waals surface area contributed by atoms with Crippen LogP contribution in [0.4, 0.5) is 5.69 Å². The number of anilines is 1. The second kappa shape index (κ2) is 2.70. The van der Waals surface area contributed by atoms with E-state index in [4.69, 9.17) is 11.6 Å². The third kappa shape index (κ3) is 1.31. The van der Waals surface area contributed by atoms with E-state index in [9.17, 15) is 0 Å². The first kappa shape index (κ1) is 6.92. The van der Waals surface area contributed by atoms with Gasteiger partial charge >= 0.3 is 0 Å². The number of nitrogens with zero attached hydrogens (tertiary/aromatic N) is 1. The number of rotatable bonds is 0. The fourth-order valence-corrected chi connectivity index (χ4v) is 1.52. The number of pyridine rings is 1. The maximum atomic E-state index is 5.74. The highest BCUT2D eigenvalue weighted by Crippen LogP contribution is 2.22. The van der Waals surface area contributed by atoms with Gasteiger partial charge in [-0.25, -0.2) is 4.98 Å². The Hall–Kier alpha value is -0.760. The zero-order valence-corrected chi connectivity index (χ0v) is 6.86. The van der Waals surface area contributed by atoms with Crippen molar-refractivity contribution in [3.05, 3.63) is 23.0 Å². The fourth-order valence-electron chi connectivity index (χ4n) is 1.34. The Morgan fingerprint density at radius 3 is 3.36 bits per heavy atom. The molecule has 0 bridgehead atoms. The molecule has 1 aliphatic rings. The molecule has 1 aromatic rings. The lowest BCUT2D eigenvalue weighted by molar-refractivity contribution is 0.826. The summed E-state index contributed by atoms with van der Waals surface area (Å²) in [5.41, 5.74) is 2.43. The van der Waals surface area contributed by atoms with Crippen LogP contribution >= 0.6 is 11.6 Å². The molecule has 2 heterocycles. The summed E-state index contributed by atoms with van der Waals surface area (Å²) in [6.45, 7) is 1.05. The lowest BCUT2D eigenvalue weighted by Gasteiger charge is -2.16. The Kier molecular flexibility index (Phi) is 1.70. The van der Waals surface area contributed by atoms with Gasteiger partial charge in [-0.1, -0.05) is 11.6 Å². The van der Waals surface area contributed by atoms with Crippen LogP contribution in [0, 0.1) is 0 Å². The van der Waals surface area contributed by atoms with Crippen LogP contribution in [0.5, 0.6) is 0 Å². The molecule has 0 atom stereocenters. The predicted octanol–water partition coefficient (Wildman–Crippen LogP) is 2.09. The van der Waals surface area contributed by atoms with E-state index in [-0.39, 0.29) is 0 Å². The van der Waals surface area contributed by atoms with Crippen molar-refractivity contribution in [2.24, 2.45) is 0 Å². The van der Waals surface area contributed by atoms with E-state index in [2.05, 4.69) is 10.3 Å². The van der Waals surface area contributed by atoms with Crippen molar-refractivity contribution in [3.8, 4) is 0 Å². The quantitative estimate of drug-likeness (QED) is 0.601. The van der Waals surface area contributed by atoms with Crippen molar-refractivity contribution in [3.63, 3.8) is 0 Å². The first-order valence-electron chi connectivity index (χ1n) is 3.74. The van der Waals surface area contributed by atoms with E-state index in [1.807, 2.05) is 6.07 Å². The van der Waals surface area contributed by atoms with E-state index in [1.165, 1.54) is 12.0 Å². The molecule has 3 heteroatoms. The van der Waals surface area contributed by atoms with Gasteiger partial charge in [0.25, 0.3) is 0 Å². The van der Waals surface area contributed by atoms with Crippen LogP contribution in [-0.2, 0) is 6.42 Å². The van der Waals surface area contributed by atoms with Crippen LogP contribution in [0.25, 0.3) is 0 Å². The largest absolute Gasteiger partial charge is 0.384 e. The molecule has 0 radical (unpaired) electrons. The van der Waals surface area contributed by atoms with Gasteiger partial charge in [-0.2, -0.15) is 0 Å². The molecule has 1 aromatic heterocycles. The topological polar surface area (TPSA) is 24.9 Å². The molecule has 0 spiro atoms. The van der Waals surface area contributed by atoms with E-state index in [1.54, 1.807) is 6.20 Å². The molecule has 0 aliphatic carbocycles. The van der Waals surface area contributed by atoms with Crippen molar-refractivity contribution >= 4 is 17.3 Å². The summed E-state index contributed by atoms with van der Waals surface area (Å²) in [6.07, 6.45) is 4.11. The van der Waals surface area contributed by atoms with Gasteiger partial charge in [0.2, 0.25) is 0 Å². The maximum absolute atomic E-state index is 5.74. The van der Waals surface area contributed by atoms with Gasteiger partial charge < -0.3 is 5.32 Å². The minimum atomic E-state index is 0.590. The molecule has 2 rings (SSSR count). The zero-order valence-electron chi connectivity index (χ0n) is 6.10. The third-order valence-electron chi connectivity index (χ3n) is 1.89. The molecular formula is C8H9ClN2. The van der Waals surface area contributed by atoms with Gasteiger partial charge in [-0.05, 0) is 24.5 Å². The molecule has 1 N–H and O–H groups in total. The number of hydrogen-bond acceptors (Lipinski definition) is 2. The third-order valence-corrected chi connectivity index (χ3v) is 2.10. The van der Waals surface area contributed by atoms with E-state index in [0.717, 1.165) is 18.7 Å². The second-order valence-electron chi connectivity index (χ2n) is 2.69. The number of aryl methyl sites for hydroxylation is 1. The summed E-state index contributed by atoms with van der Waals surface area (Å²) in [4.78, 5) is 4.00. The molecular weight excluding hydrogens is 160 g/mol. The second-order valence-corrected chi connectivity index (χ2v) is 3.08. The molecule has 11 heavy (non-hydrogen) atoms. The average Bonchev–Trinajstić information content (AvgIpc) is 2.04. The summed E-state index contributed by atoms with van der Waals surface area (Å²) in [5, 5.41) is 3.86. The Labute approximate surface area is 70.6 Å². The minimum absolute atomic E-state index is 0.590. The van der Waals surface area contributed by atoms with Crippen molar-refractivity contribution < 1.29 is 0 Å². The van der Waals surface area contributed by atoms with Gasteiger partial charge in [0, 0.05) is 6.54 Å². The molecule has 0 aromatic carbocycles. The van der Waals surface area contributed by atoms with Gasteiger partial charge in [0.05, 0.1) is 11.9 Å². The highest BCUT2D eigenvalue weighted by atomic mass is 35.5. The van der Waals surface area contributed by atoms with Gasteiger partial charge in [0.1, 0.15) is 5.15 Å². The lowest BCUT2D eigenvalue weighted by Crippen LogP contribution is -2.11. The highest BCUT2D eigenvalue weighted by molar-refractivity contribution is 6.29. The normalized spacial score (nSPS) is 15.4. The van der Waals surface area contributed by atoms with E-state index < -0.39 is 0 Å². The summed E-state index contributed by atoms with van der Waals surface area (Å²) in [5.74, 6) is 0. The number of fused-ring (bicyclic) bond motifs is 1.